The number of benzene rings is 2. The van der Waals surface area contributed by atoms with Crippen LogP contribution in [0.3, 0.4) is 0 Å². The first-order valence-electron chi connectivity index (χ1n) is 10.3. The van der Waals surface area contributed by atoms with Crippen molar-refractivity contribution in [2.75, 3.05) is 45.8 Å². The van der Waals surface area contributed by atoms with Crippen LogP contribution in [-0.2, 0) is 22.6 Å². The van der Waals surface area contributed by atoms with Crippen LogP contribution in [-0.4, -0.2) is 63.7 Å². The Bertz CT molecular complexity index is 993. The van der Waals surface area contributed by atoms with Gasteiger partial charge in [-0.25, -0.2) is 0 Å². The van der Waals surface area contributed by atoms with E-state index < -0.39 is 6.10 Å². The molecule has 2 aromatic carbocycles. The minimum Gasteiger partial charge on any atom is -0.493 e. The van der Waals surface area contributed by atoms with Gasteiger partial charge in [0, 0.05) is 20.1 Å². The second-order valence-electron chi connectivity index (χ2n) is 7.61. The first-order valence-corrected chi connectivity index (χ1v) is 10.3. The quantitative estimate of drug-likeness (QED) is 0.784. The Hall–Kier alpha value is -3.42. The number of hydrogen-bond acceptors (Lipinski definition) is 6. The third kappa shape index (κ3) is 4.10. The highest BCUT2D eigenvalue weighted by Gasteiger charge is 2.32. The predicted molar refractivity (Wildman–Crippen MR) is 116 cm³/mol. The van der Waals surface area contributed by atoms with Gasteiger partial charge in [0.1, 0.15) is 5.75 Å². The molecule has 2 amide bonds. The van der Waals surface area contributed by atoms with Crippen LogP contribution >= 0.6 is 0 Å². The van der Waals surface area contributed by atoms with Gasteiger partial charge in [0.2, 0.25) is 5.91 Å². The summed E-state index contributed by atoms with van der Waals surface area (Å²) in [5.41, 5.74) is 3.04. The van der Waals surface area contributed by atoms with Crippen LogP contribution in [0.2, 0.25) is 0 Å². The van der Waals surface area contributed by atoms with E-state index in [1.165, 1.54) is 0 Å². The van der Waals surface area contributed by atoms with E-state index in [1.54, 1.807) is 21.3 Å². The molecule has 2 aromatic rings. The van der Waals surface area contributed by atoms with Crippen molar-refractivity contribution in [3.8, 4) is 17.2 Å². The van der Waals surface area contributed by atoms with Crippen molar-refractivity contribution < 1.29 is 23.8 Å². The third-order valence-corrected chi connectivity index (χ3v) is 5.80. The van der Waals surface area contributed by atoms with Crippen LogP contribution < -0.4 is 24.4 Å². The highest BCUT2D eigenvalue weighted by Crippen LogP contribution is 2.35. The van der Waals surface area contributed by atoms with Crippen LogP contribution in [0, 0.1) is 0 Å². The first-order chi connectivity index (χ1) is 15.0. The Balaban J connectivity index is 1.51. The zero-order chi connectivity index (χ0) is 22.0. The summed E-state index contributed by atoms with van der Waals surface area (Å²) < 4.78 is 16.6. The number of anilines is 1. The van der Waals surface area contributed by atoms with Gasteiger partial charge in [0.15, 0.2) is 17.6 Å². The first kappa shape index (κ1) is 20.8. The molecule has 2 aliphatic rings. The Labute approximate surface area is 181 Å². The molecule has 0 spiro atoms. The Morgan fingerprint density at radius 1 is 1.13 bits per heavy atom. The summed E-state index contributed by atoms with van der Waals surface area (Å²) in [6.07, 6.45) is 0.0913. The molecule has 8 nitrogen and oxygen atoms in total. The highest BCUT2D eigenvalue weighted by atomic mass is 16.5. The molecule has 4 rings (SSSR count). The molecule has 0 aliphatic carbocycles. The zero-order valence-corrected chi connectivity index (χ0v) is 18.0. The fourth-order valence-corrected chi connectivity index (χ4v) is 4.11. The van der Waals surface area contributed by atoms with E-state index in [-0.39, 0.29) is 18.4 Å². The van der Waals surface area contributed by atoms with Crippen molar-refractivity contribution >= 4 is 17.5 Å². The number of fused-ring (bicyclic) bond motifs is 2. The monoisotopic (exact) mass is 425 g/mol. The molecule has 2 heterocycles. The molecule has 1 atom stereocenters. The Kier molecular flexibility index (Phi) is 5.88. The van der Waals surface area contributed by atoms with Gasteiger partial charge in [0.05, 0.1) is 33.0 Å². The molecule has 0 unspecified atom stereocenters. The third-order valence-electron chi connectivity index (χ3n) is 5.80. The van der Waals surface area contributed by atoms with Gasteiger partial charge < -0.3 is 29.3 Å². The van der Waals surface area contributed by atoms with E-state index in [0.29, 0.717) is 36.9 Å². The number of methoxy groups -OCH3 is 2. The Morgan fingerprint density at radius 3 is 2.55 bits per heavy atom. The van der Waals surface area contributed by atoms with Crippen molar-refractivity contribution in [3.63, 3.8) is 0 Å². The van der Waals surface area contributed by atoms with Gasteiger partial charge in [-0.05, 0) is 41.8 Å². The Morgan fingerprint density at radius 2 is 1.84 bits per heavy atom. The lowest BCUT2D eigenvalue weighted by atomic mass is 9.98. The number of para-hydroxylation sites is 2. The predicted octanol–water partition coefficient (Wildman–Crippen LogP) is 1.60. The number of nitrogens with zero attached hydrogens (tertiary/aromatic N) is 2. The summed E-state index contributed by atoms with van der Waals surface area (Å²) in [5.74, 6) is 1.76. The van der Waals surface area contributed by atoms with Gasteiger partial charge in [-0.3, -0.25) is 9.59 Å². The lowest BCUT2D eigenvalue weighted by molar-refractivity contribution is -0.131. The fraction of sp³-hybridized carbons (Fsp3) is 0.391. The minimum absolute atomic E-state index is 0.00722. The molecular weight excluding hydrogens is 398 g/mol. The van der Waals surface area contributed by atoms with Gasteiger partial charge >= 0.3 is 0 Å². The molecule has 0 saturated heterocycles. The lowest BCUT2D eigenvalue weighted by Crippen LogP contribution is -2.51. The molecule has 0 bridgehead atoms. The van der Waals surface area contributed by atoms with E-state index in [4.69, 9.17) is 14.2 Å². The molecule has 0 saturated carbocycles. The van der Waals surface area contributed by atoms with E-state index in [9.17, 15) is 9.59 Å². The van der Waals surface area contributed by atoms with Gasteiger partial charge in [-0.1, -0.05) is 12.1 Å². The number of amides is 2. The van der Waals surface area contributed by atoms with Crippen molar-refractivity contribution in [1.82, 2.24) is 10.2 Å². The normalized spacial score (nSPS) is 17.2. The maximum Gasteiger partial charge on any atom is 0.262 e. The molecule has 2 aliphatic heterocycles. The van der Waals surface area contributed by atoms with E-state index >= 15 is 0 Å². The number of carbonyl (C=O) groups is 2. The average Bonchev–Trinajstić information content (AvgIpc) is 2.81. The standard InChI is InChI=1S/C23H27N3O5/c1-24-23(28)21-13-26(17-6-4-5-7-18(17)31-21)14-22(27)25-9-8-15-10-19(29-2)20(30-3)11-16(15)12-25/h4-7,10-11,21H,8-9,12-14H2,1-3H3,(H,24,28)/t21-/m0/s1. The van der Waals surface area contributed by atoms with Crippen molar-refractivity contribution in [2.45, 2.75) is 19.1 Å². The summed E-state index contributed by atoms with van der Waals surface area (Å²) in [6.45, 7) is 1.64. The molecule has 31 heavy (non-hydrogen) atoms. The van der Waals surface area contributed by atoms with Crippen molar-refractivity contribution in [2.24, 2.45) is 0 Å². The summed E-state index contributed by atoms with van der Waals surface area (Å²) in [4.78, 5) is 29.1. The average molecular weight is 425 g/mol. The number of nitrogens with one attached hydrogen (secondary N) is 1. The van der Waals surface area contributed by atoms with Gasteiger partial charge in [-0.15, -0.1) is 0 Å². The second-order valence-corrected chi connectivity index (χ2v) is 7.61. The summed E-state index contributed by atoms with van der Waals surface area (Å²) >= 11 is 0. The van der Waals surface area contributed by atoms with Crippen LogP contribution in [0.15, 0.2) is 36.4 Å². The molecule has 0 radical (unpaired) electrons. The van der Waals surface area contributed by atoms with Crippen LogP contribution in [0.25, 0.3) is 0 Å². The fourth-order valence-electron chi connectivity index (χ4n) is 4.11. The summed E-state index contributed by atoms with van der Waals surface area (Å²) in [5, 5.41) is 2.63. The van der Waals surface area contributed by atoms with Crippen molar-refractivity contribution in [1.29, 1.82) is 0 Å². The van der Waals surface area contributed by atoms with E-state index in [0.717, 1.165) is 23.2 Å². The van der Waals surface area contributed by atoms with Gasteiger partial charge in [0.25, 0.3) is 5.91 Å². The number of rotatable bonds is 5. The van der Waals surface area contributed by atoms with Crippen molar-refractivity contribution in [3.05, 3.63) is 47.5 Å². The van der Waals surface area contributed by atoms with Crippen LogP contribution in [0.4, 0.5) is 5.69 Å². The highest BCUT2D eigenvalue weighted by molar-refractivity contribution is 5.86. The topological polar surface area (TPSA) is 80.3 Å². The number of likely N-dealkylation sites (N-methyl/N-ethyl adjacent to an activating group) is 1. The molecule has 0 aromatic heterocycles. The number of carbonyl (C=O) groups excluding carboxylic acids is 2. The molecule has 1 N–H and O–H groups in total. The van der Waals surface area contributed by atoms with E-state index in [2.05, 4.69) is 5.32 Å². The minimum atomic E-state index is -0.661. The molecule has 8 heteroatoms. The summed E-state index contributed by atoms with van der Waals surface area (Å²) in [6, 6.07) is 11.4. The SMILES string of the molecule is CNC(=O)[C@@H]1CN(CC(=O)N2CCc3cc(OC)c(OC)cc3C2)c2ccccc2O1. The second kappa shape index (κ2) is 8.75. The number of ether oxygens (including phenoxy) is 3. The molecule has 0 fully saturated rings. The maximum atomic E-state index is 13.2. The van der Waals surface area contributed by atoms with E-state index in [1.807, 2.05) is 46.2 Å². The molecular formula is C23H27N3O5. The zero-order valence-electron chi connectivity index (χ0n) is 18.0. The van der Waals surface area contributed by atoms with Crippen LogP contribution in [0.5, 0.6) is 17.2 Å². The number of hydrogen-bond donors (Lipinski definition) is 1. The largest absolute Gasteiger partial charge is 0.493 e. The van der Waals surface area contributed by atoms with Gasteiger partial charge in [-0.2, -0.15) is 0 Å². The maximum absolute atomic E-state index is 13.2. The molecule has 164 valence electrons. The van der Waals surface area contributed by atoms with Crippen LogP contribution in [0.1, 0.15) is 11.1 Å². The summed E-state index contributed by atoms with van der Waals surface area (Å²) in [7, 11) is 4.81. The smallest absolute Gasteiger partial charge is 0.262 e. The lowest BCUT2D eigenvalue weighted by Gasteiger charge is -2.37.